The third kappa shape index (κ3) is 7.14. The lowest BCUT2D eigenvalue weighted by molar-refractivity contribution is -0.159. The predicted molar refractivity (Wildman–Crippen MR) is 127 cm³/mol. The summed E-state index contributed by atoms with van der Waals surface area (Å²) in [6.07, 6.45) is -6.11. The van der Waals surface area contributed by atoms with Gasteiger partial charge in [0.1, 0.15) is 23.6 Å². The van der Waals surface area contributed by atoms with Crippen LogP contribution in [0.1, 0.15) is 32.2 Å². The molecule has 1 aliphatic rings. The molecule has 1 fully saturated rings. The quantitative estimate of drug-likeness (QED) is 0.380. The Morgan fingerprint density at radius 1 is 1.05 bits per heavy atom. The molecule has 4 rings (SSSR count). The molecule has 0 saturated carbocycles. The lowest BCUT2D eigenvalue weighted by Crippen LogP contribution is -2.36. The first-order valence-electron chi connectivity index (χ1n) is 11.4. The molecule has 2 atom stereocenters. The molecule has 37 heavy (non-hydrogen) atoms. The van der Waals surface area contributed by atoms with Crippen molar-refractivity contribution >= 4 is 17.7 Å². The highest BCUT2D eigenvalue weighted by atomic mass is 35.5. The number of aromatic nitrogens is 2. The second kappa shape index (κ2) is 10.6. The van der Waals surface area contributed by atoms with Gasteiger partial charge in [0.05, 0.1) is 19.7 Å². The normalized spacial score (nSPS) is 18.2. The Morgan fingerprint density at radius 2 is 1.70 bits per heavy atom. The number of hydrogen-bond acceptors (Lipinski definition) is 7. The fraction of sp³-hybridized carbons (Fsp3) is 0.400. The van der Waals surface area contributed by atoms with Gasteiger partial charge < -0.3 is 23.6 Å². The van der Waals surface area contributed by atoms with Crippen LogP contribution in [-0.4, -0.2) is 52.0 Å². The monoisotopic (exact) mass is 539 g/mol. The van der Waals surface area contributed by atoms with Gasteiger partial charge in [-0.2, -0.15) is 18.2 Å². The van der Waals surface area contributed by atoms with E-state index in [1.807, 2.05) is 0 Å². The Labute approximate surface area is 216 Å². The summed E-state index contributed by atoms with van der Waals surface area (Å²) < 4.78 is 60.1. The molecule has 2 heterocycles. The van der Waals surface area contributed by atoms with Crippen LogP contribution in [0.2, 0.25) is 5.02 Å². The number of carbonyl (C=O) groups is 1. The third-order valence-electron chi connectivity index (χ3n) is 5.31. The van der Waals surface area contributed by atoms with Crippen molar-refractivity contribution in [2.75, 3.05) is 13.1 Å². The van der Waals surface area contributed by atoms with Crippen LogP contribution in [0.4, 0.5) is 18.0 Å². The van der Waals surface area contributed by atoms with Crippen LogP contribution in [0, 0.1) is 0 Å². The van der Waals surface area contributed by atoms with Gasteiger partial charge >= 0.3 is 18.2 Å². The first-order valence-corrected chi connectivity index (χ1v) is 11.8. The molecule has 0 spiro atoms. The topological polar surface area (TPSA) is 86.9 Å². The van der Waals surface area contributed by atoms with Crippen molar-refractivity contribution in [1.82, 2.24) is 15.0 Å². The van der Waals surface area contributed by atoms with Crippen LogP contribution >= 0.6 is 11.6 Å². The first-order chi connectivity index (χ1) is 17.4. The maximum atomic E-state index is 12.7. The minimum Gasteiger partial charge on any atom is -0.486 e. The molecule has 1 aliphatic heterocycles. The highest BCUT2D eigenvalue weighted by Crippen LogP contribution is 2.30. The van der Waals surface area contributed by atoms with Gasteiger partial charge in [0.25, 0.3) is 0 Å². The van der Waals surface area contributed by atoms with E-state index < -0.39 is 36.0 Å². The van der Waals surface area contributed by atoms with Crippen LogP contribution < -0.4 is 4.74 Å². The van der Waals surface area contributed by atoms with E-state index in [-0.39, 0.29) is 25.5 Å². The van der Waals surface area contributed by atoms with E-state index in [9.17, 15) is 18.0 Å². The number of benzene rings is 2. The minimum atomic E-state index is -4.71. The first kappa shape index (κ1) is 26.7. The van der Waals surface area contributed by atoms with Crippen LogP contribution in [0.5, 0.6) is 5.75 Å². The summed E-state index contributed by atoms with van der Waals surface area (Å²) in [5.41, 5.74) is 0.470. The molecule has 1 aromatic heterocycles. The van der Waals surface area contributed by atoms with Crippen molar-refractivity contribution in [1.29, 1.82) is 0 Å². The fourth-order valence-electron chi connectivity index (χ4n) is 3.59. The van der Waals surface area contributed by atoms with Crippen molar-refractivity contribution in [3.05, 3.63) is 65.0 Å². The summed E-state index contributed by atoms with van der Waals surface area (Å²) in [6.45, 7) is 6.07. The van der Waals surface area contributed by atoms with Gasteiger partial charge in [-0.05, 0) is 50.6 Å². The second-order valence-electron chi connectivity index (χ2n) is 9.46. The van der Waals surface area contributed by atoms with Crippen LogP contribution in [0.25, 0.3) is 11.4 Å². The molecule has 0 unspecified atom stereocenters. The van der Waals surface area contributed by atoms with Gasteiger partial charge in [-0.3, -0.25) is 0 Å². The zero-order valence-corrected chi connectivity index (χ0v) is 21.0. The van der Waals surface area contributed by atoms with Crippen molar-refractivity contribution < 1.29 is 36.7 Å². The van der Waals surface area contributed by atoms with E-state index in [0.29, 0.717) is 16.3 Å². The number of rotatable bonds is 6. The Kier molecular flexibility index (Phi) is 7.65. The highest BCUT2D eigenvalue weighted by molar-refractivity contribution is 6.30. The molecule has 0 radical (unpaired) electrons. The molecular formula is C25H25ClF3N3O5. The Bertz CT molecular complexity index is 1210. The minimum absolute atomic E-state index is 0.167. The molecule has 1 saturated heterocycles. The van der Waals surface area contributed by atoms with Gasteiger partial charge in [-0.1, -0.05) is 41.0 Å². The Morgan fingerprint density at radius 3 is 2.30 bits per heavy atom. The molecule has 8 nitrogen and oxygen atoms in total. The van der Waals surface area contributed by atoms with Crippen molar-refractivity contribution in [3.8, 4) is 17.1 Å². The summed E-state index contributed by atoms with van der Waals surface area (Å²) in [5.74, 6) is -0.992. The standard InChI is InChI=1S/C25H25ClF3N3O5/c1-24(2,3)36-23(33)32-12-19(20(13-32)35-18-10-8-17(26)9-11-18)34-14-15-4-6-16(7-5-15)21-30-22(37-31-21)25(27,28)29/h4-11,19-20H,12-14H2,1-3H3/t19-,20-/m0/s1. The molecule has 198 valence electrons. The summed E-state index contributed by atoms with van der Waals surface area (Å²) in [5, 5.41) is 3.96. The van der Waals surface area contributed by atoms with Crippen LogP contribution in [0.3, 0.4) is 0 Å². The lowest BCUT2D eigenvalue weighted by Gasteiger charge is -2.24. The number of nitrogens with zero attached hydrogens (tertiary/aromatic N) is 3. The number of likely N-dealkylation sites (tertiary alicyclic amines) is 1. The largest absolute Gasteiger partial charge is 0.486 e. The summed E-state index contributed by atoms with van der Waals surface area (Å²) in [7, 11) is 0. The van der Waals surface area contributed by atoms with Gasteiger partial charge in [0.2, 0.25) is 5.82 Å². The zero-order chi connectivity index (χ0) is 26.8. The van der Waals surface area contributed by atoms with Gasteiger partial charge in [-0.15, -0.1) is 0 Å². The third-order valence-corrected chi connectivity index (χ3v) is 5.56. The highest BCUT2D eigenvalue weighted by Gasteiger charge is 2.40. The maximum Gasteiger partial charge on any atom is 0.471 e. The molecule has 0 aliphatic carbocycles. The number of amides is 1. The van der Waals surface area contributed by atoms with Crippen LogP contribution in [-0.2, 0) is 22.3 Å². The van der Waals surface area contributed by atoms with E-state index in [2.05, 4.69) is 14.7 Å². The van der Waals surface area contributed by atoms with E-state index in [4.69, 9.17) is 25.8 Å². The number of alkyl halides is 3. The maximum absolute atomic E-state index is 12.7. The molecule has 0 N–H and O–H groups in total. The number of ether oxygens (including phenoxy) is 3. The molecule has 1 amide bonds. The number of carbonyl (C=O) groups excluding carboxylic acids is 1. The van der Waals surface area contributed by atoms with E-state index >= 15 is 0 Å². The lowest BCUT2D eigenvalue weighted by atomic mass is 10.1. The van der Waals surface area contributed by atoms with Gasteiger partial charge in [0, 0.05) is 10.6 Å². The van der Waals surface area contributed by atoms with Crippen LogP contribution in [0.15, 0.2) is 53.1 Å². The SMILES string of the molecule is CC(C)(C)OC(=O)N1C[C@H](OCc2ccc(-c3noc(C(F)(F)F)n3)cc2)[C@@H](Oc2ccc(Cl)cc2)C1. The van der Waals surface area contributed by atoms with Crippen molar-refractivity contribution in [2.24, 2.45) is 0 Å². The number of halogens is 4. The molecule has 3 aromatic rings. The van der Waals surface area contributed by atoms with Gasteiger partial charge in [0.15, 0.2) is 0 Å². The summed E-state index contributed by atoms with van der Waals surface area (Å²) >= 11 is 5.96. The van der Waals surface area contributed by atoms with E-state index in [0.717, 1.165) is 5.56 Å². The molecular weight excluding hydrogens is 515 g/mol. The smallest absolute Gasteiger partial charge is 0.471 e. The molecule has 2 aromatic carbocycles. The second-order valence-corrected chi connectivity index (χ2v) is 9.90. The van der Waals surface area contributed by atoms with Crippen molar-refractivity contribution in [3.63, 3.8) is 0 Å². The predicted octanol–water partition coefficient (Wildman–Crippen LogP) is 5.99. The Hall–Kier alpha value is -3.31. The number of hydrogen-bond donors (Lipinski definition) is 0. The zero-order valence-electron chi connectivity index (χ0n) is 20.3. The Balaban J connectivity index is 1.42. The summed E-state index contributed by atoms with van der Waals surface area (Å²) in [6, 6.07) is 13.4. The van der Waals surface area contributed by atoms with Gasteiger partial charge in [-0.25, -0.2) is 4.79 Å². The van der Waals surface area contributed by atoms with Crippen molar-refractivity contribution in [2.45, 2.75) is 51.4 Å². The average Bonchev–Trinajstić information content (AvgIpc) is 3.46. The fourth-order valence-corrected chi connectivity index (χ4v) is 3.72. The average molecular weight is 540 g/mol. The van der Waals surface area contributed by atoms with E-state index in [1.165, 1.54) is 4.90 Å². The molecule has 0 bridgehead atoms. The summed E-state index contributed by atoms with van der Waals surface area (Å²) in [4.78, 5) is 17.6. The molecule has 12 heteroatoms. The van der Waals surface area contributed by atoms with E-state index in [1.54, 1.807) is 69.3 Å².